The maximum Gasteiger partial charge on any atom is 0.161 e. The summed E-state index contributed by atoms with van der Waals surface area (Å²) in [4.78, 5) is 10.4. The number of aliphatic hydroxyl groups excluding tert-OH is 2. The monoisotopic (exact) mass is 374 g/mol. The number of ether oxygens (including phenoxy) is 3. The molecule has 2 aromatic rings. The molecule has 0 radical (unpaired) electrons. The number of aldehydes is 1. The second kappa shape index (κ2) is 9.61. The van der Waals surface area contributed by atoms with Crippen molar-refractivity contribution in [3.05, 3.63) is 53.6 Å². The second-order valence-corrected chi connectivity index (χ2v) is 5.62. The number of methoxy groups -OCH3 is 2. The minimum absolute atomic E-state index is 0.0597. The molecule has 0 bridgehead atoms. The van der Waals surface area contributed by atoms with Crippen molar-refractivity contribution in [2.45, 2.75) is 12.2 Å². The van der Waals surface area contributed by atoms with Gasteiger partial charge in [0.05, 0.1) is 20.8 Å². The topological polar surface area (TPSA) is 105 Å². The van der Waals surface area contributed by atoms with E-state index in [2.05, 4.69) is 0 Å². The third-order valence-electron chi connectivity index (χ3n) is 3.91. The molecule has 0 aliphatic carbocycles. The second-order valence-electron chi connectivity index (χ2n) is 5.62. The highest BCUT2D eigenvalue weighted by atomic mass is 16.5. The third-order valence-corrected chi connectivity index (χ3v) is 3.91. The summed E-state index contributed by atoms with van der Waals surface area (Å²) < 4.78 is 16.1. The average Bonchev–Trinajstić information content (AvgIpc) is 2.70. The fourth-order valence-corrected chi connectivity index (χ4v) is 2.49. The molecule has 0 spiro atoms. The molecule has 0 heterocycles. The molecule has 0 fully saturated rings. The molecule has 0 aromatic heterocycles. The molecular formula is C20H22O7. The maximum absolute atomic E-state index is 10.6. The zero-order chi connectivity index (χ0) is 19.8. The number of aliphatic hydroxyl groups is 2. The van der Waals surface area contributed by atoms with Gasteiger partial charge in [0.1, 0.15) is 12.4 Å². The van der Waals surface area contributed by atoms with Crippen molar-refractivity contribution in [1.29, 1.82) is 0 Å². The van der Waals surface area contributed by atoms with Crippen LogP contribution in [0, 0.1) is 0 Å². The molecule has 144 valence electrons. The predicted molar refractivity (Wildman–Crippen MR) is 99.2 cm³/mol. The zero-order valence-electron chi connectivity index (χ0n) is 15.0. The van der Waals surface area contributed by atoms with Crippen molar-refractivity contribution >= 4 is 12.4 Å². The fraction of sp³-hybridized carbons (Fsp3) is 0.250. The van der Waals surface area contributed by atoms with E-state index in [1.807, 2.05) is 0 Å². The Hall–Kier alpha value is -3.03. The van der Waals surface area contributed by atoms with Crippen LogP contribution in [0.1, 0.15) is 17.2 Å². The quantitative estimate of drug-likeness (QED) is 0.456. The van der Waals surface area contributed by atoms with Crippen LogP contribution in [0.25, 0.3) is 6.08 Å². The summed E-state index contributed by atoms with van der Waals surface area (Å²) in [7, 11) is 2.86. The minimum Gasteiger partial charge on any atom is -0.504 e. The molecule has 0 saturated heterocycles. The van der Waals surface area contributed by atoms with Gasteiger partial charge in [-0.3, -0.25) is 4.79 Å². The van der Waals surface area contributed by atoms with Crippen LogP contribution < -0.4 is 14.2 Å². The van der Waals surface area contributed by atoms with Crippen molar-refractivity contribution in [1.82, 2.24) is 0 Å². The molecule has 0 aliphatic rings. The lowest BCUT2D eigenvalue weighted by Crippen LogP contribution is -2.29. The van der Waals surface area contributed by atoms with Crippen LogP contribution in [0.5, 0.6) is 23.0 Å². The Morgan fingerprint density at radius 3 is 2.41 bits per heavy atom. The van der Waals surface area contributed by atoms with E-state index in [0.29, 0.717) is 23.3 Å². The van der Waals surface area contributed by atoms with Crippen LogP contribution in [-0.2, 0) is 4.79 Å². The predicted octanol–water partition coefficient (Wildman–Crippen LogP) is 2.09. The van der Waals surface area contributed by atoms with Crippen LogP contribution in [0.15, 0.2) is 42.5 Å². The SMILES string of the molecule is COc1cc(C(O)C(CO)Oc2ccc(/C=C/C=O)cc2OC)ccc1O. The van der Waals surface area contributed by atoms with Crippen LogP contribution in [-0.4, -0.2) is 48.5 Å². The third kappa shape index (κ3) is 4.99. The number of hydrogen-bond donors (Lipinski definition) is 3. The Bertz CT molecular complexity index is 801. The summed E-state index contributed by atoms with van der Waals surface area (Å²) in [6.45, 7) is -0.458. The standard InChI is InChI=1S/C20H22O7/c1-25-17-11-14(6-7-15(17)23)20(24)19(12-22)27-16-8-5-13(4-3-9-21)10-18(16)26-2/h3-11,19-20,22-24H,12H2,1-2H3/b4-3+. The smallest absolute Gasteiger partial charge is 0.161 e. The molecule has 2 aromatic carbocycles. The molecule has 2 rings (SSSR count). The first-order chi connectivity index (χ1) is 13.0. The number of carbonyl (C=O) groups is 1. The number of aromatic hydroxyl groups is 1. The summed E-state index contributed by atoms with van der Waals surface area (Å²) in [5.74, 6) is 0.851. The van der Waals surface area contributed by atoms with E-state index in [-0.39, 0.29) is 11.5 Å². The van der Waals surface area contributed by atoms with Crippen LogP contribution in [0.3, 0.4) is 0 Å². The van der Waals surface area contributed by atoms with Gasteiger partial charge in [0, 0.05) is 0 Å². The minimum atomic E-state index is -1.18. The van der Waals surface area contributed by atoms with Crippen LogP contribution in [0.4, 0.5) is 0 Å². The van der Waals surface area contributed by atoms with Gasteiger partial charge in [-0.2, -0.15) is 0 Å². The maximum atomic E-state index is 10.6. The van der Waals surface area contributed by atoms with Gasteiger partial charge in [0.25, 0.3) is 0 Å². The normalized spacial score (nSPS) is 13.2. The summed E-state index contributed by atoms with van der Waals surface area (Å²) in [5.41, 5.74) is 1.14. The number of benzene rings is 2. The summed E-state index contributed by atoms with van der Waals surface area (Å²) in [6, 6.07) is 9.37. The van der Waals surface area contributed by atoms with E-state index in [1.165, 1.54) is 38.5 Å². The molecule has 0 amide bonds. The highest BCUT2D eigenvalue weighted by molar-refractivity contribution is 5.74. The van der Waals surface area contributed by atoms with Gasteiger partial charge in [-0.15, -0.1) is 0 Å². The Balaban J connectivity index is 2.25. The van der Waals surface area contributed by atoms with E-state index >= 15 is 0 Å². The van der Waals surface area contributed by atoms with Gasteiger partial charge in [0.15, 0.2) is 29.1 Å². The Morgan fingerprint density at radius 2 is 1.78 bits per heavy atom. The lowest BCUT2D eigenvalue weighted by molar-refractivity contribution is -0.104. The first kappa shape index (κ1) is 20.3. The van der Waals surface area contributed by atoms with Gasteiger partial charge < -0.3 is 29.5 Å². The molecule has 2 unspecified atom stereocenters. The van der Waals surface area contributed by atoms with Crippen molar-refractivity contribution in [2.24, 2.45) is 0 Å². The highest BCUT2D eigenvalue weighted by Crippen LogP contribution is 2.34. The number of allylic oxidation sites excluding steroid dienone is 1. The molecule has 0 saturated carbocycles. The van der Waals surface area contributed by atoms with Gasteiger partial charge in [0.2, 0.25) is 0 Å². The van der Waals surface area contributed by atoms with Crippen molar-refractivity contribution in [3.8, 4) is 23.0 Å². The van der Waals surface area contributed by atoms with Crippen molar-refractivity contribution in [3.63, 3.8) is 0 Å². The van der Waals surface area contributed by atoms with Crippen LogP contribution >= 0.6 is 0 Å². The molecule has 7 nitrogen and oxygen atoms in total. The number of phenols is 1. The van der Waals surface area contributed by atoms with Gasteiger partial charge in [-0.1, -0.05) is 18.2 Å². The van der Waals surface area contributed by atoms with Crippen molar-refractivity contribution in [2.75, 3.05) is 20.8 Å². The molecule has 27 heavy (non-hydrogen) atoms. The molecular weight excluding hydrogens is 352 g/mol. The summed E-state index contributed by atoms with van der Waals surface area (Å²) in [6.07, 6.45) is 1.48. The van der Waals surface area contributed by atoms with Gasteiger partial charge >= 0.3 is 0 Å². The number of carbonyl (C=O) groups excluding carboxylic acids is 1. The number of hydrogen-bond acceptors (Lipinski definition) is 7. The van der Waals surface area contributed by atoms with Gasteiger partial charge in [-0.05, 0) is 41.5 Å². The number of phenolic OH excluding ortho intramolecular Hbond substituents is 1. The lowest BCUT2D eigenvalue weighted by atomic mass is 10.0. The Kier molecular flexibility index (Phi) is 7.22. The summed E-state index contributed by atoms with van der Waals surface area (Å²) >= 11 is 0. The van der Waals surface area contributed by atoms with Gasteiger partial charge in [-0.25, -0.2) is 0 Å². The summed E-state index contributed by atoms with van der Waals surface area (Å²) in [5, 5.41) is 29.9. The Morgan fingerprint density at radius 1 is 1.04 bits per heavy atom. The van der Waals surface area contributed by atoms with E-state index in [4.69, 9.17) is 14.2 Å². The highest BCUT2D eigenvalue weighted by Gasteiger charge is 2.24. The molecule has 3 N–H and O–H groups in total. The van der Waals surface area contributed by atoms with E-state index < -0.39 is 18.8 Å². The zero-order valence-corrected chi connectivity index (χ0v) is 15.0. The number of rotatable bonds is 9. The first-order valence-electron chi connectivity index (χ1n) is 8.16. The molecule has 2 atom stereocenters. The lowest BCUT2D eigenvalue weighted by Gasteiger charge is -2.24. The van der Waals surface area contributed by atoms with E-state index in [9.17, 15) is 20.1 Å². The fourth-order valence-electron chi connectivity index (χ4n) is 2.49. The average molecular weight is 374 g/mol. The largest absolute Gasteiger partial charge is 0.504 e. The first-order valence-corrected chi connectivity index (χ1v) is 8.16. The van der Waals surface area contributed by atoms with E-state index in [1.54, 1.807) is 24.3 Å². The van der Waals surface area contributed by atoms with E-state index in [0.717, 1.165) is 5.56 Å². The van der Waals surface area contributed by atoms with Crippen LogP contribution in [0.2, 0.25) is 0 Å². The molecule has 7 heteroatoms. The Labute approximate surface area is 157 Å². The van der Waals surface area contributed by atoms with Crippen molar-refractivity contribution < 1.29 is 34.3 Å². The molecule has 0 aliphatic heterocycles.